The predicted octanol–water partition coefficient (Wildman–Crippen LogP) is 2.95. The smallest absolute Gasteiger partial charge is 0.410 e. The first-order valence-electron chi connectivity index (χ1n) is 20.8. The van der Waals surface area contributed by atoms with E-state index in [1.54, 1.807) is 69.2 Å². The van der Waals surface area contributed by atoms with Gasteiger partial charge in [-0.25, -0.2) is 14.4 Å². The third-order valence-corrected chi connectivity index (χ3v) is 9.83. The molecule has 0 aromatic heterocycles. The molecule has 0 unspecified atom stereocenters. The number of hydrogen-bond donors (Lipinski definition) is 7. The Morgan fingerprint density at radius 2 is 1.47 bits per heavy atom. The van der Waals surface area contributed by atoms with Crippen LogP contribution in [0.3, 0.4) is 0 Å². The number of amides is 4. The molecule has 7 N–H and O–H groups in total. The van der Waals surface area contributed by atoms with Crippen LogP contribution in [0.4, 0.5) is 14.4 Å². The summed E-state index contributed by atoms with van der Waals surface area (Å²) in [5.41, 5.74) is -4.20. The number of rotatable bonds is 13. The molecule has 12 atom stereocenters. The molecule has 60 heavy (non-hydrogen) atoms. The molecule has 2 aliphatic heterocycles. The quantitative estimate of drug-likeness (QED) is 0.132. The Bertz CT molecular complexity index is 1490. The van der Waals surface area contributed by atoms with E-state index in [1.165, 1.54) is 14.0 Å². The van der Waals surface area contributed by atoms with Crippen molar-refractivity contribution < 1.29 is 72.8 Å². The third-order valence-electron chi connectivity index (χ3n) is 9.83. The molecule has 1 saturated heterocycles. The second kappa shape index (κ2) is 20.6. The first-order chi connectivity index (χ1) is 27.5. The van der Waals surface area contributed by atoms with Gasteiger partial charge in [0.2, 0.25) is 12.2 Å². The van der Waals surface area contributed by atoms with Gasteiger partial charge in [-0.3, -0.25) is 4.79 Å². The van der Waals surface area contributed by atoms with Crippen molar-refractivity contribution in [2.45, 2.75) is 199 Å². The van der Waals surface area contributed by atoms with Crippen molar-refractivity contribution in [2.24, 2.45) is 5.92 Å². The Kier molecular flexibility index (Phi) is 17.5. The molecule has 0 spiro atoms. The van der Waals surface area contributed by atoms with E-state index in [1.807, 2.05) is 13.0 Å². The second-order valence-corrected chi connectivity index (χ2v) is 19.2. The average Bonchev–Trinajstić information content (AvgIpc) is 3.07. The van der Waals surface area contributed by atoms with Crippen molar-refractivity contribution in [3.05, 3.63) is 11.8 Å². The van der Waals surface area contributed by atoms with Gasteiger partial charge in [-0.1, -0.05) is 13.8 Å². The largest absolute Gasteiger partial charge is 0.467 e. The Morgan fingerprint density at radius 1 is 0.883 bits per heavy atom. The number of nitrogens with zero attached hydrogens (tertiary/aromatic N) is 1. The Balaban J connectivity index is 1.92. The number of allylic oxidation sites excluding steroid dienone is 1. The van der Waals surface area contributed by atoms with E-state index in [0.717, 1.165) is 11.3 Å². The SMILES string of the molecule is CCCC1=CC[C@@H](NC(=O)OC(C)(C)C)[C@@H](O[C@H]2[C@H](O)[C@@H](O[C@H]3OC[C@](C)(O)[C@H](N(C)C(=O)OC(C)(C)C)[C@H]3O)[C@H](NC(=O)[C@@H](O)CCNC(=O)OC(C)(C)C)C[C@@H]2C)O1. The van der Waals surface area contributed by atoms with E-state index in [0.29, 0.717) is 18.6 Å². The molecule has 2 heterocycles. The summed E-state index contributed by atoms with van der Waals surface area (Å²) in [5, 5.41) is 54.1. The molecular weight excluding hydrogens is 788 g/mol. The number of likely N-dealkylation sites (N-methyl/N-ethyl adjacent to an activating group) is 1. The summed E-state index contributed by atoms with van der Waals surface area (Å²) in [7, 11) is 1.36. The lowest BCUT2D eigenvalue weighted by atomic mass is 9.79. The van der Waals surface area contributed by atoms with Gasteiger partial charge in [0.1, 0.15) is 46.8 Å². The summed E-state index contributed by atoms with van der Waals surface area (Å²) >= 11 is 0. The van der Waals surface area contributed by atoms with Gasteiger partial charge in [0.15, 0.2) is 6.29 Å². The van der Waals surface area contributed by atoms with E-state index in [9.17, 15) is 39.6 Å². The first kappa shape index (κ1) is 50.9. The number of carbonyl (C=O) groups excluding carboxylic acids is 4. The standard InChI is InChI=1S/C41H72N4O15/c1-14-15-23-16-17-24(44-36(51)59-39(6,7)8)33(55-23)56-29-22(2)20-25(43-32(49)26(46)18-19-42-35(50)58-38(3,4)5)30(27(29)47)57-34-28(48)31(41(12,53)21-54-34)45(13)37(52)60-40(9,10)11/h16,22,24-31,33-34,46-48,53H,14-15,17-21H2,1-13H3,(H,42,50)(H,43,49)(H,44,51)/t22-,24+,25+,26-,27-,28+,29+,30-,31+,33+,34+,41-/m0/s1. The number of aliphatic hydroxyl groups excluding tert-OH is 3. The molecule has 2 fully saturated rings. The fraction of sp³-hybridized carbons (Fsp3) is 0.854. The van der Waals surface area contributed by atoms with E-state index >= 15 is 0 Å². The first-order valence-corrected chi connectivity index (χ1v) is 20.8. The van der Waals surface area contributed by atoms with Gasteiger partial charge in [-0.15, -0.1) is 0 Å². The molecule has 0 bridgehead atoms. The second-order valence-electron chi connectivity index (χ2n) is 19.2. The van der Waals surface area contributed by atoms with Crippen LogP contribution in [0.15, 0.2) is 11.8 Å². The number of aliphatic hydroxyl groups is 4. The molecule has 4 amide bonds. The normalized spacial score (nSPS) is 31.7. The van der Waals surface area contributed by atoms with Crippen molar-refractivity contribution in [3.8, 4) is 0 Å². The van der Waals surface area contributed by atoms with Gasteiger partial charge >= 0.3 is 18.3 Å². The molecule has 0 aromatic carbocycles. The zero-order chi connectivity index (χ0) is 45.5. The lowest BCUT2D eigenvalue weighted by Gasteiger charge is -2.50. The lowest BCUT2D eigenvalue weighted by Crippen LogP contribution is -2.69. The van der Waals surface area contributed by atoms with Crippen LogP contribution in [0.5, 0.6) is 0 Å². The van der Waals surface area contributed by atoms with Crippen molar-refractivity contribution in [2.75, 3.05) is 20.2 Å². The fourth-order valence-corrected chi connectivity index (χ4v) is 7.24. The molecule has 19 heteroatoms. The Morgan fingerprint density at radius 3 is 2.05 bits per heavy atom. The van der Waals surface area contributed by atoms with Gasteiger partial charge < -0.3 is 74.4 Å². The molecule has 1 saturated carbocycles. The maximum Gasteiger partial charge on any atom is 0.410 e. The fourth-order valence-electron chi connectivity index (χ4n) is 7.24. The number of ether oxygens (including phenoxy) is 7. The number of nitrogens with one attached hydrogen (secondary N) is 3. The van der Waals surface area contributed by atoms with Crippen LogP contribution in [0.25, 0.3) is 0 Å². The molecule has 19 nitrogen and oxygen atoms in total. The van der Waals surface area contributed by atoms with Crippen molar-refractivity contribution in [1.29, 1.82) is 0 Å². The van der Waals surface area contributed by atoms with E-state index in [-0.39, 0.29) is 19.4 Å². The van der Waals surface area contributed by atoms with E-state index in [4.69, 9.17) is 33.2 Å². The van der Waals surface area contributed by atoms with E-state index < -0.39 is 120 Å². The Hall–Kier alpha value is -3.46. The summed E-state index contributed by atoms with van der Waals surface area (Å²) in [6.45, 7) is 20.0. The minimum atomic E-state index is -1.78. The molecule has 0 radical (unpaired) electrons. The summed E-state index contributed by atoms with van der Waals surface area (Å²) in [6, 6.07) is -3.06. The highest BCUT2D eigenvalue weighted by molar-refractivity contribution is 5.81. The van der Waals surface area contributed by atoms with Crippen molar-refractivity contribution in [3.63, 3.8) is 0 Å². The lowest BCUT2D eigenvalue weighted by molar-refractivity contribution is -0.313. The topological polar surface area (TPSA) is 253 Å². The molecule has 0 aromatic rings. The van der Waals surface area contributed by atoms with Crippen LogP contribution < -0.4 is 16.0 Å². The predicted molar refractivity (Wildman–Crippen MR) is 216 cm³/mol. The van der Waals surface area contributed by atoms with Crippen LogP contribution in [0.2, 0.25) is 0 Å². The maximum atomic E-state index is 13.5. The number of carbonyl (C=O) groups is 4. The van der Waals surface area contributed by atoms with Gasteiger partial charge in [0, 0.05) is 20.0 Å². The molecule has 3 rings (SSSR count). The highest BCUT2D eigenvalue weighted by atomic mass is 16.7. The summed E-state index contributed by atoms with van der Waals surface area (Å²) < 4.78 is 41.1. The van der Waals surface area contributed by atoms with Crippen LogP contribution in [0, 0.1) is 5.92 Å². The molecule has 1 aliphatic carbocycles. The minimum absolute atomic E-state index is 0.0913. The number of alkyl carbamates (subject to hydrolysis) is 2. The highest BCUT2D eigenvalue weighted by Gasteiger charge is 2.54. The van der Waals surface area contributed by atoms with Gasteiger partial charge in [-0.05, 0) is 107 Å². The van der Waals surface area contributed by atoms with Crippen LogP contribution in [0.1, 0.15) is 115 Å². The highest BCUT2D eigenvalue weighted by Crippen LogP contribution is 2.36. The summed E-state index contributed by atoms with van der Waals surface area (Å²) in [5.74, 6) is -0.700. The van der Waals surface area contributed by atoms with Gasteiger partial charge in [0.05, 0.1) is 36.6 Å². The average molecular weight is 861 g/mol. The third kappa shape index (κ3) is 15.2. The van der Waals surface area contributed by atoms with Crippen LogP contribution in [-0.4, -0.2) is 153 Å². The van der Waals surface area contributed by atoms with Gasteiger partial charge in [0.25, 0.3) is 0 Å². The number of hydrogen-bond acceptors (Lipinski definition) is 15. The van der Waals surface area contributed by atoms with Crippen LogP contribution >= 0.6 is 0 Å². The molecule has 346 valence electrons. The Labute approximate surface area is 354 Å². The molecular formula is C41H72N4O15. The molecule has 3 aliphatic rings. The monoisotopic (exact) mass is 860 g/mol. The van der Waals surface area contributed by atoms with E-state index in [2.05, 4.69) is 16.0 Å². The van der Waals surface area contributed by atoms with Crippen molar-refractivity contribution >= 4 is 24.2 Å². The minimum Gasteiger partial charge on any atom is -0.467 e. The maximum absolute atomic E-state index is 13.5. The summed E-state index contributed by atoms with van der Waals surface area (Å²) in [6.07, 6.45) is -8.70. The summed E-state index contributed by atoms with van der Waals surface area (Å²) in [4.78, 5) is 52.7. The zero-order valence-electron chi connectivity index (χ0n) is 37.6. The van der Waals surface area contributed by atoms with Gasteiger partial charge in [-0.2, -0.15) is 0 Å². The zero-order valence-corrected chi connectivity index (χ0v) is 37.6. The van der Waals surface area contributed by atoms with Crippen LogP contribution in [-0.2, 0) is 38.0 Å². The van der Waals surface area contributed by atoms with Crippen molar-refractivity contribution in [1.82, 2.24) is 20.9 Å².